The molecule has 1 heterocycles. The summed E-state index contributed by atoms with van der Waals surface area (Å²) in [4.78, 5) is 0.105. The lowest BCUT2D eigenvalue weighted by Gasteiger charge is -2.26. The van der Waals surface area contributed by atoms with Gasteiger partial charge in [0, 0.05) is 21.8 Å². The Morgan fingerprint density at radius 1 is 1.19 bits per heavy atom. The summed E-state index contributed by atoms with van der Waals surface area (Å²) in [6.45, 7) is 8.94. The van der Waals surface area contributed by atoms with Crippen molar-refractivity contribution in [2.45, 2.75) is 44.7 Å². The topological polar surface area (TPSA) is 18.5 Å². The number of ether oxygens (including phenoxy) is 2. The zero-order valence-corrected chi connectivity index (χ0v) is 15.8. The average Bonchev–Trinajstić information content (AvgIpc) is 2.67. The zero-order valence-electron chi connectivity index (χ0n) is 12.7. The second-order valence-corrected chi connectivity index (χ2v) is 7.42. The van der Waals surface area contributed by atoms with Crippen LogP contribution in [-0.2, 0) is 4.74 Å². The van der Waals surface area contributed by atoms with Crippen LogP contribution < -0.4 is 4.74 Å². The summed E-state index contributed by atoms with van der Waals surface area (Å²) < 4.78 is 11.4. The molecule has 118 valence electrons. The van der Waals surface area contributed by atoms with Gasteiger partial charge in [0.15, 0.2) is 0 Å². The van der Waals surface area contributed by atoms with E-state index in [1.165, 1.54) is 0 Å². The van der Waals surface area contributed by atoms with Crippen molar-refractivity contribution < 1.29 is 9.47 Å². The van der Waals surface area contributed by atoms with Crippen LogP contribution in [0.1, 0.15) is 38.1 Å². The number of halogens is 3. The number of rotatable bonds is 4. The highest BCUT2D eigenvalue weighted by molar-refractivity contribution is 9.09. The maximum atomic E-state index is 6.43. The molecule has 5 atom stereocenters. The molecule has 1 fully saturated rings. The lowest BCUT2D eigenvalue weighted by molar-refractivity contribution is 0.0511. The SMILES string of the molecule is CCOc1cc(Cl)c(C(Br)C2C(C)OC(C)C2C)cc1Cl. The van der Waals surface area contributed by atoms with Gasteiger partial charge in [0.05, 0.1) is 23.8 Å². The summed E-state index contributed by atoms with van der Waals surface area (Å²) >= 11 is 16.5. The van der Waals surface area contributed by atoms with Crippen molar-refractivity contribution in [3.05, 3.63) is 27.7 Å². The normalized spacial score (nSPS) is 30.4. The van der Waals surface area contributed by atoms with E-state index in [4.69, 9.17) is 32.7 Å². The minimum atomic E-state index is 0.105. The van der Waals surface area contributed by atoms with Crippen LogP contribution in [0, 0.1) is 11.8 Å². The molecule has 5 unspecified atom stereocenters. The van der Waals surface area contributed by atoms with Crippen molar-refractivity contribution in [1.29, 1.82) is 0 Å². The fourth-order valence-electron chi connectivity index (χ4n) is 3.03. The largest absolute Gasteiger partial charge is 0.492 e. The molecule has 0 N–H and O–H groups in total. The monoisotopic (exact) mass is 394 g/mol. The van der Waals surface area contributed by atoms with E-state index < -0.39 is 0 Å². The molecule has 0 amide bonds. The number of hydrogen-bond donors (Lipinski definition) is 0. The second-order valence-electron chi connectivity index (χ2n) is 5.62. The van der Waals surface area contributed by atoms with E-state index in [1.807, 2.05) is 13.0 Å². The smallest absolute Gasteiger partial charge is 0.139 e. The molecule has 0 saturated carbocycles. The number of alkyl halides is 1. The van der Waals surface area contributed by atoms with E-state index in [1.54, 1.807) is 6.07 Å². The van der Waals surface area contributed by atoms with Crippen LogP contribution in [0.3, 0.4) is 0 Å². The molecule has 0 aromatic heterocycles. The van der Waals surface area contributed by atoms with Crippen LogP contribution in [0.25, 0.3) is 0 Å². The molecule has 1 aromatic rings. The maximum Gasteiger partial charge on any atom is 0.139 e. The van der Waals surface area contributed by atoms with E-state index in [0.29, 0.717) is 34.2 Å². The lowest BCUT2D eigenvalue weighted by atomic mass is 9.84. The first-order valence-electron chi connectivity index (χ1n) is 7.28. The fraction of sp³-hybridized carbons (Fsp3) is 0.625. The van der Waals surface area contributed by atoms with Gasteiger partial charge in [0.1, 0.15) is 5.75 Å². The van der Waals surface area contributed by atoms with Crippen molar-refractivity contribution in [2.75, 3.05) is 6.61 Å². The van der Waals surface area contributed by atoms with E-state index in [0.717, 1.165) is 5.56 Å². The quantitative estimate of drug-likeness (QED) is 0.592. The van der Waals surface area contributed by atoms with Gasteiger partial charge in [0.25, 0.3) is 0 Å². The van der Waals surface area contributed by atoms with E-state index in [-0.39, 0.29) is 17.0 Å². The Kier molecular flexibility index (Phi) is 5.86. The van der Waals surface area contributed by atoms with Gasteiger partial charge in [-0.2, -0.15) is 0 Å². The molecule has 1 saturated heterocycles. The van der Waals surface area contributed by atoms with Gasteiger partial charge in [-0.05, 0) is 38.3 Å². The van der Waals surface area contributed by atoms with Gasteiger partial charge in [-0.25, -0.2) is 0 Å². The minimum absolute atomic E-state index is 0.105. The first kappa shape index (κ1) is 17.4. The van der Waals surface area contributed by atoms with Crippen LogP contribution in [0.4, 0.5) is 0 Å². The molecular weight excluding hydrogens is 375 g/mol. The van der Waals surface area contributed by atoms with E-state index in [2.05, 4.69) is 36.7 Å². The summed E-state index contributed by atoms with van der Waals surface area (Å²) in [7, 11) is 0. The predicted octanol–water partition coefficient (Wildman–Crippen LogP) is 5.89. The third kappa shape index (κ3) is 3.52. The third-order valence-electron chi connectivity index (χ3n) is 4.30. The highest BCUT2D eigenvalue weighted by atomic mass is 79.9. The lowest BCUT2D eigenvalue weighted by Crippen LogP contribution is -2.22. The molecule has 0 spiro atoms. The van der Waals surface area contributed by atoms with E-state index >= 15 is 0 Å². The highest BCUT2D eigenvalue weighted by Crippen LogP contribution is 2.48. The van der Waals surface area contributed by atoms with Crippen molar-refractivity contribution >= 4 is 39.1 Å². The Bertz CT molecular complexity index is 509. The van der Waals surface area contributed by atoms with Crippen molar-refractivity contribution in [3.63, 3.8) is 0 Å². The molecule has 1 aliphatic rings. The van der Waals surface area contributed by atoms with Crippen LogP contribution >= 0.6 is 39.1 Å². The molecule has 0 bridgehead atoms. The highest BCUT2D eigenvalue weighted by Gasteiger charge is 2.41. The Balaban J connectivity index is 2.31. The Labute approximate surface area is 145 Å². The summed E-state index contributed by atoms with van der Waals surface area (Å²) in [6, 6.07) is 3.70. The standard InChI is InChI=1S/C16H21BrCl2O2/c1-5-20-14-7-12(18)11(6-13(14)19)16(17)15-8(2)9(3)21-10(15)4/h6-10,15-16H,5H2,1-4H3. The van der Waals surface area contributed by atoms with Crippen LogP contribution in [0.2, 0.25) is 10.0 Å². The summed E-state index contributed by atoms with van der Waals surface area (Å²) in [5.41, 5.74) is 0.992. The molecular formula is C16H21BrCl2O2. The van der Waals surface area contributed by atoms with Gasteiger partial charge >= 0.3 is 0 Å². The van der Waals surface area contributed by atoms with Gasteiger partial charge in [-0.15, -0.1) is 0 Å². The predicted molar refractivity (Wildman–Crippen MR) is 92.0 cm³/mol. The van der Waals surface area contributed by atoms with Gasteiger partial charge < -0.3 is 9.47 Å². The molecule has 0 radical (unpaired) electrons. The van der Waals surface area contributed by atoms with Crippen LogP contribution in [-0.4, -0.2) is 18.8 Å². The summed E-state index contributed by atoms with van der Waals surface area (Å²) in [5, 5.41) is 1.26. The van der Waals surface area contributed by atoms with E-state index in [9.17, 15) is 0 Å². The Hall–Kier alpha value is 0.0400. The molecule has 1 aliphatic heterocycles. The van der Waals surface area contributed by atoms with Crippen molar-refractivity contribution in [1.82, 2.24) is 0 Å². The van der Waals surface area contributed by atoms with Gasteiger partial charge in [-0.1, -0.05) is 46.1 Å². The number of benzene rings is 1. The second kappa shape index (κ2) is 7.08. The molecule has 2 rings (SSSR count). The maximum absolute atomic E-state index is 6.43. The summed E-state index contributed by atoms with van der Waals surface area (Å²) in [6.07, 6.45) is 0.433. The average molecular weight is 396 g/mol. The van der Waals surface area contributed by atoms with Gasteiger partial charge in [-0.3, -0.25) is 0 Å². The van der Waals surface area contributed by atoms with Crippen molar-refractivity contribution in [2.24, 2.45) is 11.8 Å². The molecule has 21 heavy (non-hydrogen) atoms. The Morgan fingerprint density at radius 3 is 2.38 bits per heavy atom. The van der Waals surface area contributed by atoms with Crippen molar-refractivity contribution in [3.8, 4) is 5.75 Å². The fourth-order valence-corrected chi connectivity index (χ4v) is 4.95. The zero-order chi connectivity index (χ0) is 15.7. The summed E-state index contributed by atoms with van der Waals surface area (Å²) in [5.74, 6) is 1.43. The molecule has 5 heteroatoms. The van der Waals surface area contributed by atoms with Crippen LogP contribution in [0.15, 0.2) is 12.1 Å². The minimum Gasteiger partial charge on any atom is -0.492 e. The molecule has 0 aliphatic carbocycles. The van der Waals surface area contributed by atoms with Crippen LogP contribution in [0.5, 0.6) is 5.75 Å². The first-order chi connectivity index (χ1) is 9.86. The molecule has 2 nitrogen and oxygen atoms in total. The molecule has 1 aromatic carbocycles. The third-order valence-corrected chi connectivity index (χ3v) is 6.03. The van der Waals surface area contributed by atoms with Gasteiger partial charge in [0.2, 0.25) is 0 Å². The Morgan fingerprint density at radius 2 is 1.86 bits per heavy atom. The number of hydrogen-bond acceptors (Lipinski definition) is 2. The first-order valence-corrected chi connectivity index (χ1v) is 8.95.